The fourth-order valence-electron chi connectivity index (χ4n) is 2.30. The van der Waals surface area contributed by atoms with Gasteiger partial charge in [0.1, 0.15) is 5.52 Å². The topological polar surface area (TPSA) is 41.9 Å². The number of aromatic nitrogens is 3. The van der Waals surface area contributed by atoms with E-state index in [4.69, 9.17) is 0 Å². The van der Waals surface area contributed by atoms with Crippen molar-refractivity contribution in [3.63, 3.8) is 0 Å². The first kappa shape index (κ1) is 13.9. The Morgan fingerprint density at radius 2 is 2.00 bits per heavy atom. The maximum Gasteiger partial charge on any atom is 0.112 e. The maximum atomic E-state index is 4.52. The van der Waals surface area contributed by atoms with Gasteiger partial charge in [-0.3, -0.25) is 15.0 Å². The molecule has 3 aromatic heterocycles. The molecule has 3 heterocycles. The Balaban J connectivity index is 2.01. The van der Waals surface area contributed by atoms with Gasteiger partial charge in [0.05, 0.1) is 23.4 Å². The third kappa shape index (κ3) is 3.03. The fraction of sp³-hybridized carbons (Fsp3) is 0.188. The van der Waals surface area contributed by atoms with E-state index < -0.39 is 0 Å². The third-order valence-electron chi connectivity index (χ3n) is 3.32. The first-order valence-corrected chi connectivity index (χ1v) is 7.62. The Kier molecular flexibility index (Phi) is 4.10. The second kappa shape index (κ2) is 6.18. The van der Waals surface area contributed by atoms with E-state index in [2.05, 4.69) is 42.7 Å². The minimum absolute atomic E-state index is 0.758. The predicted molar refractivity (Wildman–Crippen MR) is 88.2 cm³/mol. The van der Waals surface area contributed by atoms with Gasteiger partial charge in [-0.1, -0.05) is 6.07 Å². The highest BCUT2D eigenvalue weighted by Gasteiger charge is 2.11. The molecule has 0 spiro atoms. The average molecular weight is 343 g/mol. The van der Waals surface area contributed by atoms with E-state index >= 15 is 0 Å². The zero-order valence-corrected chi connectivity index (χ0v) is 13.3. The molecule has 4 nitrogen and oxygen atoms in total. The molecule has 0 atom stereocenters. The smallest absolute Gasteiger partial charge is 0.112 e. The van der Waals surface area contributed by atoms with Gasteiger partial charge < -0.3 is 4.90 Å². The van der Waals surface area contributed by atoms with Crippen LogP contribution in [0.3, 0.4) is 0 Å². The number of nitrogens with zero attached hydrogens (tertiary/aromatic N) is 4. The molecular formula is C16H15BrN4. The largest absolute Gasteiger partial charge is 0.364 e. The molecule has 0 radical (unpaired) electrons. The van der Waals surface area contributed by atoms with Gasteiger partial charge in [0.25, 0.3) is 0 Å². The molecule has 0 aliphatic carbocycles. The Hall–Kier alpha value is -2.01. The van der Waals surface area contributed by atoms with Crippen molar-refractivity contribution in [2.45, 2.75) is 13.5 Å². The van der Waals surface area contributed by atoms with Gasteiger partial charge in [0.2, 0.25) is 0 Å². The summed E-state index contributed by atoms with van der Waals surface area (Å²) < 4.78 is 0.937. The van der Waals surface area contributed by atoms with Gasteiger partial charge in [-0.2, -0.15) is 0 Å². The van der Waals surface area contributed by atoms with E-state index in [-0.39, 0.29) is 0 Å². The molecule has 0 aromatic carbocycles. The number of rotatable bonds is 4. The molecule has 0 fully saturated rings. The van der Waals surface area contributed by atoms with Crippen LogP contribution in [0.5, 0.6) is 0 Å². The highest BCUT2D eigenvalue weighted by Crippen LogP contribution is 2.26. The third-order valence-corrected chi connectivity index (χ3v) is 3.76. The summed E-state index contributed by atoms with van der Waals surface area (Å²) in [7, 11) is 0. The summed E-state index contributed by atoms with van der Waals surface area (Å²) in [5.74, 6) is 0. The first-order chi connectivity index (χ1) is 10.3. The molecule has 106 valence electrons. The van der Waals surface area contributed by atoms with E-state index in [1.807, 2.05) is 48.9 Å². The SMILES string of the molecule is CCN(Cc1ccccn1)c1ccnc2cc(Br)cnc12. The normalized spacial score (nSPS) is 10.8. The predicted octanol–water partition coefficient (Wildman–Crippen LogP) is 3.81. The quantitative estimate of drug-likeness (QED) is 0.722. The fourth-order valence-corrected chi connectivity index (χ4v) is 2.62. The number of pyridine rings is 3. The molecule has 0 unspecified atom stereocenters. The van der Waals surface area contributed by atoms with Crippen LogP contribution in [-0.2, 0) is 6.54 Å². The van der Waals surface area contributed by atoms with Gasteiger partial charge in [-0.15, -0.1) is 0 Å². The molecule has 0 saturated carbocycles. The van der Waals surface area contributed by atoms with E-state index in [9.17, 15) is 0 Å². The van der Waals surface area contributed by atoms with Crippen molar-refractivity contribution in [1.29, 1.82) is 0 Å². The number of hydrogen-bond donors (Lipinski definition) is 0. The van der Waals surface area contributed by atoms with Crippen LogP contribution in [0.25, 0.3) is 11.0 Å². The number of fused-ring (bicyclic) bond motifs is 1. The maximum absolute atomic E-state index is 4.52. The van der Waals surface area contributed by atoms with Crippen LogP contribution in [0.4, 0.5) is 5.69 Å². The minimum atomic E-state index is 0.758. The standard InChI is InChI=1S/C16H15BrN4/c1-2-21(11-13-5-3-4-7-18-13)15-6-8-19-14-9-12(17)10-20-16(14)15/h3-10H,2,11H2,1H3. The molecule has 3 rings (SSSR count). The zero-order valence-electron chi connectivity index (χ0n) is 11.7. The molecular weight excluding hydrogens is 328 g/mol. The lowest BCUT2D eigenvalue weighted by molar-refractivity contribution is 0.811. The first-order valence-electron chi connectivity index (χ1n) is 6.83. The van der Waals surface area contributed by atoms with Gasteiger partial charge >= 0.3 is 0 Å². The highest BCUT2D eigenvalue weighted by atomic mass is 79.9. The molecule has 21 heavy (non-hydrogen) atoms. The molecule has 5 heteroatoms. The van der Waals surface area contributed by atoms with Crippen LogP contribution in [-0.4, -0.2) is 21.5 Å². The number of hydrogen-bond acceptors (Lipinski definition) is 4. The van der Waals surface area contributed by atoms with E-state index in [0.29, 0.717) is 0 Å². The molecule has 0 aliphatic rings. The zero-order chi connectivity index (χ0) is 14.7. The Morgan fingerprint density at radius 1 is 1.10 bits per heavy atom. The van der Waals surface area contributed by atoms with E-state index in [1.54, 1.807) is 0 Å². The summed E-state index contributed by atoms with van der Waals surface area (Å²) in [6.07, 6.45) is 5.46. The summed E-state index contributed by atoms with van der Waals surface area (Å²) in [5.41, 5.74) is 3.93. The number of anilines is 1. The summed E-state index contributed by atoms with van der Waals surface area (Å²) in [6, 6.07) is 9.98. The Labute approximate surface area is 132 Å². The van der Waals surface area contributed by atoms with Crippen LogP contribution in [0, 0.1) is 0 Å². The van der Waals surface area contributed by atoms with Crippen molar-refractivity contribution in [2.24, 2.45) is 0 Å². The molecule has 3 aromatic rings. The van der Waals surface area contributed by atoms with Crippen LogP contribution < -0.4 is 4.90 Å². The number of halogens is 1. The lowest BCUT2D eigenvalue weighted by atomic mass is 10.2. The van der Waals surface area contributed by atoms with E-state index in [1.165, 1.54) is 0 Å². The molecule has 0 bridgehead atoms. The molecule has 0 saturated heterocycles. The lowest BCUT2D eigenvalue weighted by Gasteiger charge is -2.23. The summed E-state index contributed by atoms with van der Waals surface area (Å²) in [4.78, 5) is 15.6. The van der Waals surface area contributed by atoms with Crippen molar-refractivity contribution in [1.82, 2.24) is 15.0 Å². The van der Waals surface area contributed by atoms with E-state index in [0.717, 1.165) is 40.0 Å². The average Bonchev–Trinajstić information content (AvgIpc) is 2.53. The second-order valence-corrected chi connectivity index (χ2v) is 5.60. The monoisotopic (exact) mass is 342 g/mol. The van der Waals surface area contributed by atoms with Crippen LogP contribution in [0.1, 0.15) is 12.6 Å². The van der Waals surface area contributed by atoms with Crippen LogP contribution in [0.15, 0.2) is 53.4 Å². The molecule has 0 N–H and O–H groups in total. The van der Waals surface area contributed by atoms with Crippen LogP contribution >= 0.6 is 15.9 Å². The van der Waals surface area contributed by atoms with Gasteiger partial charge in [-0.25, -0.2) is 0 Å². The van der Waals surface area contributed by atoms with Gasteiger partial charge in [0.15, 0.2) is 0 Å². The Bertz CT molecular complexity index is 746. The summed E-state index contributed by atoms with van der Waals surface area (Å²) in [6.45, 7) is 3.77. The van der Waals surface area contributed by atoms with Crippen molar-refractivity contribution in [3.8, 4) is 0 Å². The van der Waals surface area contributed by atoms with Gasteiger partial charge in [-0.05, 0) is 47.1 Å². The van der Waals surface area contributed by atoms with Crippen molar-refractivity contribution in [2.75, 3.05) is 11.4 Å². The summed E-state index contributed by atoms with van der Waals surface area (Å²) in [5, 5.41) is 0. The lowest BCUT2D eigenvalue weighted by Crippen LogP contribution is -2.23. The highest BCUT2D eigenvalue weighted by molar-refractivity contribution is 9.10. The van der Waals surface area contributed by atoms with Crippen molar-refractivity contribution < 1.29 is 0 Å². The Morgan fingerprint density at radius 3 is 2.76 bits per heavy atom. The second-order valence-electron chi connectivity index (χ2n) is 4.69. The van der Waals surface area contributed by atoms with Gasteiger partial charge in [0, 0.05) is 29.6 Å². The summed E-state index contributed by atoms with van der Waals surface area (Å²) >= 11 is 3.44. The van der Waals surface area contributed by atoms with Crippen molar-refractivity contribution >= 4 is 32.7 Å². The molecule has 0 aliphatic heterocycles. The van der Waals surface area contributed by atoms with Crippen molar-refractivity contribution in [3.05, 3.63) is 59.1 Å². The minimum Gasteiger partial charge on any atom is -0.364 e. The van der Waals surface area contributed by atoms with Crippen LogP contribution in [0.2, 0.25) is 0 Å². The molecule has 0 amide bonds.